The van der Waals surface area contributed by atoms with Crippen molar-refractivity contribution in [2.75, 3.05) is 29.0 Å². The SMILES string of the molecule is COC(=O)CSc1nnc(NS(=O)(=O)c2ccc(N3CCCC3=O)cc2)s1. The number of nitrogens with zero attached hydrogens (tertiary/aromatic N) is 3. The lowest BCUT2D eigenvalue weighted by Crippen LogP contribution is -2.23. The third kappa shape index (κ3) is 4.76. The van der Waals surface area contributed by atoms with E-state index in [0.29, 0.717) is 23.0 Å². The fourth-order valence-electron chi connectivity index (χ4n) is 2.39. The number of sulfonamides is 1. The van der Waals surface area contributed by atoms with Crippen molar-refractivity contribution in [1.29, 1.82) is 0 Å². The number of amides is 1. The van der Waals surface area contributed by atoms with Crippen molar-refractivity contribution in [3.63, 3.8) is 0 Å². The highest BCUT2D eigenvalue weighted by Gasteiger charge is 2.23. The number of aromatic nitrogens is 2. The summed E-state index contributed by atoms with van der Waals surface area (Å²) in [5, 5.41) is 7.70. The normalized spacial score (nSPS) is 14.4. The zero-order chi connectivity index (χ0) is 19.4. The van der Waals surface area contributed by atoms with E-state index in [0.717, 1.165) is 29.5 Å². The zero-order valence-electron chi connectivity index (χ0n) is 14.2. The average Bonchev–Trinajstić information content (AvgIpc) is 3.28. The number of methoxy groups -OCH3 is 1. The lowest BCUT2D eigenvalue weighted by molar-refractivity contribution is -0.137. The average molecular weight is 429 g/mol. The van der Waals surface area contributed by atoms with Gasteiger partial charge in [-0.25, -0.2) is 8.42 Å². The Hall–Kier alpha value is -2.18. The first-order chi connectivity index (χ1) is 12.9. The molecule has 144 valence electrons. The first-order valence-electron chi connectivity index (χ1n) is 7.85. The van der Waals surface area contributed by atoms with Gasteiger partial charge in [0, 0.05) is 18.7 Å². The summed E-state index contributed by atoms with van der Waals surface area (Å²) in [6, 6.07) is 6.10. The standard InChI is InChI=1S/C15H16N4O5S3/c1-24-13(21)9-25-15-17-16-14(26-15)18-27(22,23)11-6-4-10(5-7-11)19-8-2-3-12(19)20/h4-7H,2-3,8-9H2,1H3,(H,16,18). The van der Waals surface area contributed by atoms with Crippen molar-refractivity contribution in [3.05, 3.63) is 24.3 Å². The van der Waals surface area contributed by atoms with Gasteiger partial charge in [-0.3, -0.25) is 14.3 Å². The van der Waals surface area contributed by atoms with Crippen molar-refractivity contribution in [3.8, 4) is 0 Å². The summed E-state index contributed by atoms with van der Waals surface area (Å²) in [5.41, 5.74) is 0.675. The van der Waals surface area contributed by atoms with E-state index < -0.39 is 16.0 Å². The van der Waals surface area contributed by atoms with Gasteiger partial charge in [-0.2, -0.15) is 0 Å². The van der Waals surface area contributed by atoms with Gasteiger partial charge >= 0.3 is 5.97 Å². The summed E-state index contributed by atoms with van der Waals surface area (Å²) < 4.78 is 32.3. The lowest BCUT2D eigenvalue weighted by atomic mass is 10.3. The van der Waals surface area contributed by atoms with E-state index in [1.54, 1.807) is 17.0 Å². The van der Waals surface area contributed by atoms with Crippen LogP contribution >= 0.6 is 23.1 Å². The van der Waals surface area contributed by atoms with Gasteiger partial charge in [0.25, 0.3) is 10.0 Å². The minimum Gasteiger partial charge on any atom is -0.468 e. The molecule has 0 saturated carbocycles. The topological polar surface area (TPSA) is 119 Å². The zero-order valence-corrected chi connectivity index (χ0v) is 16.7. The number of hydrogen-bond donors (Lipinski definition) is 1. The van der Waals surface area contributed by atoms with Crippen molar-refractivity contribution in [2.45, 2.75) is 22.1 Å². The van der Waals surface area contributed by atoms with Gasteiger partial charge in [0.1, 0.15) is 0 Å². The summed E-state index contributed by atoms with van der Waals surface area (Å²) in [5.74, 6) is -0.308. The van der Waals surface area contributed by atoms with E-state index in [1.807, 2.05) is 0 Å². The van der Waals surface area contributed by atoms with Crippen LogP contribution in [0.25, 0.3) is 0 Å². The molecule has 1 saturated heterocycles. The molecule has 1 aliphatic heterocycles. The summed E-state index contributed by atoms with van der Waals surface area (Å²) in [4.78, 5) is 24.6. The maximum absolute atomic E-state index is 12.5. The third-order valence-electron chi connectivity index (χ3n) is 3.70. The predicted molar refractivity (Wildman–Crippen MR) is 101 cm³/mol. The van der Waals surface area contributed by atoms with Crippen LogP contribution in [0.3, 0.4) is 0 Å². The molecule has 12 heteroatoms. The molecule has 0 aliphatic carbocycles. The Bertz CT molecular complexity index is 943. The van der Waals surface area contributed by atoms with Crippen molar-refractivity contribution >= 4 is 55.8 Å². The minimum atomic E-state index is -3.84. The van der Waals surface area contributed by atoms with Crippen molar-refractivity contribution in [2.24, 2.45) is 0 Å². The molecule has 2 aromatic rings. The number of rotatable bonds is 7. The van der Waals surface area contributed by atoms with E-state index >= 15 is 0 Å². The van der Waals surface area contributed by atoms with Gasteiger partial charge < -0.3 is 9.64 Å². The monoisotopic (exact) mass is 428 g/mol. The van der Waals surface area contributed by atoms with Crippen LogP contribution in [0.5, 0.6) is 0 Å². The van der Waals surface area contributed by atoms with Crippen molar-refractivity contribution < 1.29 is 22.7 Å². The van der Waals surface area contributed by atoms with Gasteiger partial charge in [-0.15, -0.1) is 10.2 Å². The predicted octanol–water partition coefficient (Wildman–Crippen LogP) is 1.73. The van der Waals surface area contributed by atoms with Gasteiger partial charge in [0.2, 0.25) is 11.0 Å². The summed E-state index contributed by atoms with van der Waals surface area (Å²) in [6.45, 7) is 0.639. The molecule has 9 nitrogen and oxygen atoms in total. The molecule has 0 bridgehead atoms. The molecule has 1 aliphatic rings. The van der Waals surface area contributed by atoms with E-state index in [-0.39, 0.29) is 21.7 Å². The fraction of sp³-hybridized carbons (Fsp3) is 0.333. The molecular formula is C15H16N4O5S3. The molecule has 3 rings (SSSR count). The van der Waals surface area contributed by atoms with Gasteiger partial charge in [0.15, 0.2) is 4.34 Å². The van der Waals surface area contributed by atoms with Gasteiger partial charge in [-0.1, -0.05) is 23.1 Å². The number of carbonyl (C=O) groups excluding carboxylic acids is 2. The van der Waals surface area contributed by atoms with Crippen LogP contribution in [-0.4, -0.2) is 49.9 Å². The van der Waals surface area contributed by atoms with Crippen LogP contribution in [0.15, 0.2) is 33.5 Å². The maximum Gasteiger partial charge on any atom is 0.316 e. The Morgan fingerprint density at radius 1 is 1.33 bits per heavy atom. The molecule has 2 heterocycles. The Labute approximate surface area is 164 Å². The number of thioether (sulfide) groups is 1. The van der Waals surface area contributed by atoms with Crippen LogP contribution in [-0.2, 0) is 24.3 Å². The number of esters is 1. The maximum atomic E-state index is 12.5. The highest BCUT2D eigenvalue weighted by atomic mass is 32.2. The number of nitrogens with one attached hydrogen (secondary N) is 1. The Morgan fingerprint density at radius 3 is 2.70 bits per heavy atom. The van der Waals surface area contributed by atoms with Crippen molar-refractivity contribution in [1.82, 2.24) is 10.2 Å². The molecule has 1 aromatic heterocycles. The Kier molecular flexibility index (Phi) is 5.97. The second-order valence-electron chi connectivity index (χ2n) is 5.49. The Balaban J connectivity index is 1.67. The highest BCUT2D eigenvalue weighted by Crippen LogP contribution is 2.28. The molecule has 27 heavy (non-hydrogen) atoms. The van der Waals surface area contributed by atoms with E-state index in [9.17, 15) is 18.0 Å². The Morgan fingerprint density at radius 2 is 2.07 bits per heavy atom. The second kappa shape index (κ2) is 8.23. The number of anilines is 2. The molecular weight excluding hydrogens is 412 g/mol. The van der Waals surface area contributed by atoms with Crippen LogP contribution in [0.2, 0.25) is 0 Å². The van der Waals surface area contributed by atoms with Crippen LogP contribution in [0.1, 0.15) is 12.8 Å². The summed E-state index contributed by atoms with van der Waals surface area (Å²) in [7, 11) is -2.55. The number of ether oxygens (including phenoxy) is 1. The van der Waals surface area contributed by atoms with E-state index in [1.165, 1.54) is 19.2 Å². The molecule has 0 spiro atoms. The summed E-state index contributed by atoms with van der Waals surface area (Å²) in [6.07, 6.45) is 1.31. The van der Waals surface area contributed by atoms with Crippen LogP contribution in [0.4, 0.5) is 10.8 Å². The minimum absolute atomic E-state index is 0.0366. The van der Waals surface area contributed by atoms with Gasteiger partial charge in [-0.05, 0) is 30.7 Å². The first kappa shape index (κ1) is 19.6. The third-order valence-corrected chi connectivity index (χ3v) is 7.13. The largest absolute Gasteiger partial charge is 0.468 e. The van der Waals surface area contributed by atoms with Gasteiger partial charge in [0.05, 0.1) is 17.8 Å². The lowest BCUT2D eigenvalue weighted by Gasteiger charge is -2.15. The van der Waals surface area contributed by atoms with Crippen LogP contribution < -0.4 is 9.62 Å². The van der Waals surface area contributed by atoms with E-state index in [4.69, 9.17) is 0 Å². The highest BCUT2D eigenvalue weighted by molar-refractivity contribution is 8.01. The quantitative estimate of drug-likeness (QED) is 0.523. The number of benzene rings is 1. The second-order valence-corrected chi connectivity index (χ2v) is 9.37. The number of carbonyl (C=O) groups is 2. The molecule has 1 amide bonds. The first-order valence-corrected chi connectivity index (χ1v) is 11.1. The molecule has 1 N–H and O–H groups in total. The van der Waals surface area contributed by atoms with E-state index in [2.05, 4.69) is 19.7 Å². The van der Waals surface area contributed by atoms with Crippen LogP contribution in [0, 0.1) is 0 Å². The molecule has 0 radical (unpaired) electrons. The molecule has 0 atom stereocenters. The summed E-state index contributed by atoms with van der Waals surface area (Å²) >= 11 is 2.13. The fourth-order valence-corrected chi connectivity index (χ4v) is 5.20. The molecule has 1 fully saturated rings. The molecule has 1 aromatic carbocycles. The smallest absolute Gasteiger partial charge is 0.316 e. The molecule has 0 unspecified atom stereocenters. The number of hydrogen-bond acceptors (Lipinski definition) is 9.